The smallest absolute Gasteiger partial charge is 0.252 e. The van der Waals surface area contributed by atoms with Gasteiger partial charge in [0, 0.05) is 14.6 Å². The molecule has 6 heteroatoms. The predicted molar refractivity (Wildman–Crippen MR) is 82.5 cm³/mol. The summed E-state index contributed by atoms with van der Waals surface area (Å²) < 4.78 is 1.69. The molecule has 0 aromatic heterocycles. The van der Waals surface area contributed by atoms with Gasteiger partial charge < -0.3 is 10.6 Å². The van der Waals surface area contributed by atoms with Crippen LogP contribution >= 0.6 is 38.5 Å². The lowest BCUT2D eigenvalue weighted by atomic mass is 10.2. The summed E-state index contributed by atoms with van der Waals surface area (Å²) in [7, 11) is 0. The lowest BCUT2D eigenvalue weighted by Gasteiger charge is -2.07. The van der Waals surface area contributed by atoms with Crippen molar-refractivity contribution in [2.75, 3.05) is 13.1 Å². The maximum atomic E-state index is 11.9. The van der Waals surface area contributed by atoms with Crippen molar-refractivity contribution in [3.05, 3.63) is 31.8 Å². The molecular weight excluding hydrogens is 411 g/mol. The summed E-state index contributed by atoms with van der Waals surface area (Å²) in [6.07, 6.45) is 0.878. The molecule has 0 atom stereocenters. The normalized spacial score (nSPS) is 9.94. The lowest BCUT2D eigenvalue weighted by Crippen LogP contribution is -2.37. The Morgan fingerprint density at radius 1 is 1.33 bits per heavy atom. The largest absolute Gasteiger partial charge is 0.355 e. The van der Waals surface area contributed by atoms with Crippen molar-refractivity contribution in [1.82, 2.24) is 10.6 Å². The average molecular weight is 425 g/mol. The Bertz CT molecular complexity index is 452. The number of carbonyl (C=O) groups is 2. The molecule has 0 aliphatic rings. The molecule has 0 radical (unpaired) electrons. The van der Waals surface area contributed by atoms with Crippen LogP contribution in [-0.2, 0) is 4.79 Å². The van der Waals surface area contributed by atoms with Crippen molar-refractivity contribution in [1.29, 1.82) is 0 Å². The van der Waals surface area contributed by atoms with Gasteiger partial charge in [0.1, 0.15) is 0 Å². The fraction of sp³-hybridized carbons (Fsp3) is 0.333. The van der Waals surface area contributed by atoms with Gasteiger partial charge >= 0.3 is 0 Å². The van der Waals surface area contributed by atoms with Crippen LogP contribution in [0.1, 0.15) is 23.7 Å². The fourth-order valence-electron chi connectivity index (χ4n) is 1.25. The van der Waals surface area contributed by atoms with Crippen molar-refractivity contribution in [2.45, 2.75) is 13.3 Å². The highest BCUT2D eigenvalue weighted by Crippen LogP contribution is 2.18. The van der Waals surface area contributed by atoms with E-state index in [0.29, 0.717) is 12.1 Å². The third-order valence-electron chi connectivity index (χ3n) is 2.15. The quantitative estimate of drug-likeness (QED) is 0.712. The third-order valence-corrected chi connectivity index (χ3v) is 3.59. The molecule has 1 aromatic carbocycles. The van der Waals surface area contributed by atoms with Crippen molar-refractivity contribution < 1.29 is 9.59 Å². The van der Waals surface area contributed by atoms with Crippen LogP contribution in [0.5, 0.6) is 0 Å². The summed E-state index contributed by atoms with van der Waals surface area (Å²) in [5.74, 6) is -0.414. The predicted octanol–water partition coefficient (Wildman–Crippen LogP) is 2.31. The molecule has 98 valence electrons. The molecule has 0 aliphatic carbocycles. The molecule has 2 amide bonds. The van der Waals surface area contributed by atoms with E-state index in [2.05, 4.69) is 49.2 Å². The molecule has 0 saturated carbocycles. The van der Waals surface area contributed by atoms with Crippen LogP contribution in [0.4, 0.5) is 0 Å². The van der Waals surface area contributed by atoms with Crippen molar-refractivity contribution in [2.24, 2.45) is 0 Å². The van der Waals surface area contributed by atoms with Crippen LogP contribution in [0.3, 0.4) is 0 Å². The van der Waals surface area contributed by atoms with E-state index in [4.69, 9.17) is 0 Å². The van der Waals surface area contributed by atoms with Gasteiger partial charge in [-0.1, -0.05) is 22.9 Å². The van der Waals surface area contributed by atoms with E-state index >= 15 is 0 Å². The molecule has 0 saturated heterocycles. The molecule has 4 nitrogen and oxygen atoms in total. The van der Waals surface area contributed by atoms with Gasteiger partial charge in [0.05, 0.1) is 12.1 Å². The number of hydrogen-bond acceptors (Lipinski definition) is 2. The molecule has 2 N–H and O–H groups in total. The van der Waals surface area contributed by atoms with Crippen molar-refractivity contribution in [3.63, 3.8) is 0 Å². The molecule has 18 heavy (non-hydrogen) atoms. The highest BCUT2D eigenvalue weighted by atomic mass is 127. The molecule has 0 heterocycles. The van der Waals surface area contributed by atoms with Crippen LogP contribution in [0, 0.1) is 3.57 Å². The first-order valence-corrected chi connectivity index (χ1v) is 7.41. The standard InChI is InChI=1S/C12H14BrIN2O2/c1-2-5-15-11(17)7-16-12(18)9-6-8(13)3-4-10(9)14/h3-4,6H,2,5,7H2,1H3,(H,15,17)(H,16,18). The van der Waals surface area contributed by atoms with Gasteiger partial charge in [-0.2, -0.15) is 0 Å². The highest BCUT2D eigenvalue weighted by molar-refractivity contribution is 14.1. The monoisotopic (exact) mass is 424 g/mol. The van der Waals surface area contributed by atoms with Crippen molar-refractivity contribution in [3.8, 4) is 0 Å². The number of carbonyl (C=O) groups excluding carboxylic acids is 2. The van der Waals surface area contributed by atoms with E-state index in [0.717, 1.165) is 14.5 Å². The van der Waals surface area contributed by atoms with Crippen LogP contribution in [0.2, 0.25) is 0 Å². The van der Waals surface area contributed by atoms with Gasteiger partial charge in [-0.15, -0.1) is 0 Å². The Labute approximate surface area is 128 Å². The van der Waals surface area contributed by atoms with Crippen LogP contribution in [-0.4, -0.2) is 24.9 Å². The summed E-state index contributed by atoms with van der Waals surface area (Å²) in [5, 5.41) is 5.30. The third kappa shape index (κ3) is 4.93. The number of amides is 2. The number of hydrogen-bond donors (Lipinski definition) is 2. The Morgan fingerprint density at radius 2 is 2.06 bits per heavy atom. The molecule has 0 spiro atoms. The van der Waals surface area contributed by atoms with E-state index in [9.17, 15) is 9.59 Å². The van der Waals surface area contributed by atoms with E-state index in [-0.39, 0.29) is 18.4 Å². The molecule has 0 fully saturated rings. The summed E-state index contributed by atoms with van der Waals surface area (Å²) in [5.41, 5.74) is 0.563. The zero-order valence-electron chi connectivity index (χ0n) is 9.93. The van der Waals surface area contributed by atoms with Gasteiger partial charge in [0.2, 0.25) is 5.91 Å². The Balaban J connectivity index is 2.55. The number of nitrogens with one attached hydrogen (secondary N) is 2. The number of benzene rings is 1. The summed E-state index contributed by atoms with van der Waals surface area (Å²) >= 11 is 5.41. The van der Waals surface area contributed by atoms with Crippen LogP contribution in [0.25, 0.3) is 0 Å². The minimum Gasteiger partial charge on any atom is -0.355 e. The second-order valence-corrected chi connectivity index (χ2v) is 5.73. The Kier molecular flexibility index (Phi) is 6.62. The van der Waals surface area contributed by atoms with E-state index in [1.165, 1.54) is 0 Å². The Morgan fingerprint density at radius 3 is 2.72 bits per heavy atom. The SMILES string of the molecule is CCCNC(=O)CNC(=O)c1cc(Br)ccc1I. The minimum atomic E-state index is -0.243. The molecular formula is C12H14BrIN2O2. The van der Waals surface area contributed by atoms with E-state index < -0.39 is 0 Å². The first-order valence-electron chi connectivity index (χ1n) is 5.54. The Hall–Kier alpha value is -0.630. The summed E-state index contributed by atoms with van der Waals surface area (Å²) in [6.45, 7) is 2.60. The molecule has 0 aliphatic heterocycles. The van der Waals surface area contributed by atoms with Crippen LogP contribution < -0.4 is 10.6 Å². The van der Waals surface area contributed by atoms with Gasteiger partial charge in [-0.25, -0.2) is 0 Å². The number of rotatable bonds is 5. The maximum absolute atomic E-state index is 11.9. The minimum absolute atomic E-state index is 0.00142. The maximum Gasteiger partial charge on any atom is 0.252 e. The topological polar surface area (TPSA) is 58.2 Å². The van der Waals surface area contributed by atoms with Gasteiger partial charge in [-0.05, 0) is 47.2 Å². The molecule has 1 rings (SSSR count). The first-order chi connectivity index (χ1) is 8.54. The second-order valence-electron chi connectivity index (χ2n) is 3.66. The zero-order valence-corrected chi connectivity index (χ0v) is 13.7. The summed E-state index contributed by atoms with van der Waals surface area (Å²) in [4.78, 5) is 23.2. The molecule has 0 bridgehead atoms. The fourth-order valence-corrected chi connectivity index (χ4v) is 2.20. The highest BCUT2D eigenvalue weighted by Gasteiger charge is 2.11. The van der Waals surface area contributed by atoms with Gasteiger partial charge in [0.15, 0.2) is 0 Å². The first kappa shape index (κ1) is 15.4. The van der Waals surface area contributed by atoms with Gasteiger partial charge in [0.25, 0.3) is 5.91 Å². The summed E-state index contributed by atoms with van der Waals surface area (Å²) in [6, 6.07) is 5.45. The lowest BCUT2D eigenvalue weighted by molar-refractivity contribution is -0.120. The molecule has 1 aromatic rings. The van der Waals surface area contributed by atoms with Crippen LogP contribution in [0.15, 0.2) is 22.7 Å². The van der Waals surface area contributed by atoms with Crippen molar-refractivity contribution >= 4 is 50.3 Å². The second kappa shape index (κ2) is 7.73. The zero-order chi connectivity index (χ0) is 13.5. The van der Waals surface area contributed by atoms with E-state index in [1.807, 2.05) is 19.1 Å². The van der Waals surface area contributed by atoms with E-state index in [1.54, 1.807) is 6.07 Å². The van der Waals surface area contributed by atoms with Gasteiger partial charge in [-0.3, -0.25) is 9.59 Å². The number of halogens is 2. The average Bonchev–Trinajstić information content (AvgIpc) is 2.36. The molecule has 0 unspecified atom stereocenters.